The summed E-state index contributed by atoms with van der Waals surface area (Å²) < 4.78 is 14.8. The summed E-state index contributed by atoms with van der Waals surface area (Å²) in [5, 5.41) is 3.15. The fraction of sp³-hybridized carbons (Fsp3) is 0.100. The highest BCUT2D eigenvalue weighted by Crippen LogP contribution is 2.49. The second-order valence-corrected chi connectivity index (χ2v) is 7.83. The molecule has 6 heteroatoms. The number of anilines is 1. The van der Waals surface area contributed by atoms with Crippen LogP contribution in [0.15, 0.2) is 54.6 Å². The van der Waals surface area contributed by atoms with Gasteiger partial charge in [0.25, 0.3) is 0 Å². The minimum absolute atomic E-state index is 0.0504. The molecule has 2 heterocycles. The van der Waals surface area contributed by atoms with Crippen molar-refractivity contribution >= 4 is 39.6 Å². The lowest BCUT2D eigenvalue weighted by molar-refractivity contribution is -0.119. The molecule has 1 aromatic heterocycles. The highest BCUT2D eigenvalue weighted by Gasteiger charge is 2.50. The molecule has 1 N–H and O–H groups in total. The Morgan fingerprint density at radius 2 is 1.65 bits per heavy atom. The number of hydrogen-bond donors (Lipinski definition) is 1. The summed E-state index contributed by atoms with van der Waals surface area (Å²) in [6, 6.07) is 15.1. The summed E-state index contributed by atoms with van der Waals surface area (Å²) in [5.74, 6) is -1.61. The first-order valence-electron chi connectivity index (χ1n) is 7.93. The third kappa shape index (κ3) is 2.31. The molecule has 1 atom stereocenters. The average Bonchev–Trinajstić information content (AvgIpc) is 2.96. The number of nitrogens with one attached hydrogen (secondary N) is 1. The molecule has 0 fully saturated rings. The van der Waals surface area contributed by atoms with Gasteiger partial charge in [-0.15, -0.1) is 11.3 Å². The maximum atomic E-state index is 14.4. The van der Waals surface area contributed by atoms with Crippen LogP contribution in [-0.4, -0.2) is 11.7 Å². The van der Waals surface area contributed by atoms with Crippen LogP contribution in [0, 0.1) is 5.82 Å². The van der Waals surface area contributed by atoms with Gasteiger partial charge in [-0.1, -0.05) is 60.1 Å². The molecular weight excluding hydrogens is 373 g/mol. The molecule has 0 spiro atoms. The fourth-order valence-electron chi connectivity index (χ4n) is 3.26. The first-order valence-corrected chi connectivity index (χ1v) is 9.13. The first kappa shape index (κ1) is 16.9. The maximum absolute atomic E-state index is 14.4. The summed E-state index contributed by atoms with van der Waals surface area (Å²) in [5.41, 5.74) is 0.0629. The summed E-state index contributed by atoms with van der Waals surface area (Å²) in [7, 11) is 0. The number of carbonyl (C=O) groups excluding carboxylic acids is 2. The molecule has 1 aliphatic heterocycles. The van der Waals surface area contributed by atoms with Gasteiger partial charge in [-0.3, -0.25) is 9.59 Å². The number of rotatable bonds is 2. The predicted octanol–water partition coefficient (Wildman–Crippen LogP) is 5.30. The highest BCUT2D eigenvalue weighted by atomic mass is 35.5. The summed E-state index contributed by atoms with van der Waals surface area (Å²) in [6.45, 7) is 1.45. The Morgan fingerprint density at radius 1 is 1.00 bits per heavy atom. The Labute approximate surface area is 158 Å². The van der Waals surface area contributed by atoms with Crippen LogP contribution in [0.25, 0.3) is 11.1 Å². The van der Waals surface area contributed by atoms with Crippen molar-refractivity contribution < 1.29 is 14.0 Å². The summed E-state index contributed by atoms with van der Waals surface area (Å²) >= 11 is 7.53. The standard InChI is InChI=1S/C20H13ClFNO2S/c1-20(12-9-5-6-10-13(12)22)16(24)15-14(11-7-3-2-4-8-11)17(21)26-18(15)23-19(20)25/h2-10H,1H3,(H,23,25). The Bertz CT molecular complexity index is 1050. The zero-order chi connectivity index (χ0) is 18.5. The molecule has 3 aromatic rings. The van der Waals surface area contributed by atoms with E-state index >= 15 is 0 Å². The van der Waals surface area contributed by atoms with Crippen LogP contribution in [0.2, 0.25) is 4.34 Å². The molecule has 0 saturated carbocycles. The molecule has 0 radical (unpaired) electrons. The van der Waals surface area contributed by atoms with Gasteiger partial charge in [0.1, 0.15) is 20.6 Å². The van der Waals surface area contributed by atoms with Crippen LogP contribution in [0.4, 0.5) is 9.39 Å². The van der Waals surface area contributed by atoms with Gasteiger partial charge in [0.2, 0.25) is 5.91 Å². The van der Waals surface area contributed by atoms with Crippen molar-refractivity contribution in [1.82, 2.24) is 0 Å². The molecule has 0 saturated heterocycles. The van der Waals surface area contributed by atoms with E-state index in [2.05, 4.69) is 5.32 Å². The molecule has 3 nitrogen and oxygen atoms in total. The van der Waals surface area contributed by atoms with Crippen LogP contribution in [-0.2, 0) is 10.2 Å². The molecule has 4 rings (SSSR count). The van der Waals surface area contributed by atoms with E-state index in [4.69, 9.17) is 11.6 Å². The van der Waals surface area contributed by atoms with Gasteiger partial charge in [-0.2, -0.15) is 0 Å². The molecule has 130 valence electrons. The van der Waals surface area contributed by atoms with Gasteiger partial charge >= 0.3 is 0 Å². The van der Waals surface area contributed by atoms with Crippen molar-refractivity contribution in [2.75, 3.05) is 5.32 Å². The van der Waals surface area contributed by atoms with Crippen molar-refractivity contribution in [2.45, 2.75) is 12.3 Å². The number of ketones is 1. The number of amides is 1. The van der Waals surface area contributed by atoms with E-state index in [0.29, 0.717) is 20.5 Å². The van der Waals surface area contributed by atoms with E-state index in [9.17, 15) is 14.0 Å². The number of halogens is 2. The van der Waals surface area contributed by atoms with Crippen molar-refractivity contribution in [1.29, 1.82) is 0 Å². The van der Waals surface area contributed by atoms with E-state index in [0.717, 1.165) is 16.9 Å². The third-order valence-corrected chi connectivity index (χ3v) is 6.02. The lowest BCUT2D eigenvalue weighted by atomic mass is 9.72. The normalized spacial score (nSPS) is 19.2. The van der Waals surface area contributed by atoms with Crippen molar-refractivity contribution in [3.63, 3.8) is 0 Å². The third-order valence-electron chi connectivity index (χ3n) is 4.70. The lowest BCUT2D eigenvalue weighted by Crippen LogP contribution is -2.48. The van der Waals surface area contributed by atoms with Gasteiger partial charge in [0, 0.05) is 11.1 Å². The summed E-state index contributed by atoms with van der Waals surface area (Å²) in [6.07, 6.45) is 0. The number of benzene rings is 2. The lowest BCUT2D eigenvalue weighted by Gasteiger charge is -2.32. The van der Waals surface area contributed by atoms with Crippen molar-refractivity contribution in [3.8, 4) is 11.1 Å². The van der Waals surface area contributed by atoms with Crippen molar-refractivity contribution in [3.05, 3.63) is 75.9 Å². The van der Waals surface area contributed by atoms with Gasteiger partial charge in [0.15, 0.2) is 5.78 Å². The maximum Gasteiger partial charge on any atom is 0.243 e. The smallest absolute Gasteiger partial charge is 0.243 e. The Kier molecular flexibility index (Phi) is 3.93. The van der Waals surface area contributed by atoms with E-state index < -0.39 is 22.9 Å². The van der Waals surface area contributed by atoms with Crippen molar-refractivity contribution in [2.24, 2.45) is 0 Å². The van der Waals surface area contributed by atoms with Crippen LogP contribution < -0.4 is 5.32 Å². The first-order chi connectivity index (χ1) is 12.4. The molecule has 0 bridgehead atoms. The van der Waals surface area contributed by atoms with Gasteiger partial charge in [-0.05, 0) is 18.6 Å². The monoisotopic (exact) mass is 385 g/mol. The van der Waals surface area contributed by atoms with Crippen LogP contribution in [0.3, 0.4) is 0 Å². The molecule has 1 amide bonds. The fourth-order valence-corrected chi connectivity index (χ4v) is 4.64. The van der Waals surface area contributed by atoms with E-state index in [1.54, 1.807) is 6.07 Å². The van der Waals surface area contributed by atoms with E-state index in [-0.39, 0.29) is 5.56 Å². The molecule has 26 heavy (non-hydrogen) atoms. The van der Waals surface area contributed by atoms with Gasteiger partial charge in [-0.25, -0.2) is 4.39 Å². The largest absolute Gasteiger partial charge is 0.316 e. The van der Waals surface area contributed by atoms with E-state index in [1.165, 1.54) is 25.1 Å². The van der Waals surface area contributed by atoms with Crippen LogP contribution in [0.1, 0.15) is 22.8 Å². The predicted molar refractivity (Wildman–Crippen MR) is 101 cm³/mol. The number of carbonyl (C=O) groups is 2. The van der Waals surface area contributed by atoms with Gasteiger partial charge in [0.05, 0.1) is 5.56 Å². The Hall–Kier alpha value is -2.50. The second-order valence-electron chi connectivity index (χ2n) is 6.21. The number of thiophene rings is 1. The molecular formula is C20H13ClFNO2S. The Morgan fingerprint density at radius 3 is 2.35 bits per heavy atom. The molecule has 2 aromatic carbocycles. The highest BCUT2D eigenvalue weighted by molar-refractivity contribution is 7.21. The average molecular weight is 386 g/mol. The van der Waals surface area contributed by atoms with Crippen LogP contribution >= 0.6 is 22.9 Å². The quantitative estimate of drug-likeness (QED) is 0.608. The van der Waals surface area contributed by atoms with Crippen LogP contribution in [0.5, 0.6) is 0 Å². The zero-order valence-corrected chi connectivity index (χ0v) is 15.2. The van der Waals surface area contributed by atoms with Gasteiger partial charge < -0.3 is 5.32 Å². The minimum atomic E-state index is -1.66. The Balaban J connectivity index is 1.96. The number of hydrogen-bond acceptors (Lipinski definition) is 3. The number of Topliss-reactive ketones (excluding diaryl/α,β-unsaturated/α-hetero) is 1. The molecule has 1 aliphatic rings. The SMILES string of the molecule is CC1(c2ccccc2F)C(=O)Nc2sc(Cl)c(-c3ccccc3)c2C1=O. The van der Waals surface area contributed by atoms with E-state index in [1.807, 2.05) is 30.3 Å². The topological polar surface area (TPSA) is 46.2 Å². The molecule has 1 unspecified atom stereocenters. The molecule has 0 aliphatic carbocycles. The zero-order valence-electron chi connectivity index (χ0n) is 13.7. The minimum Gasteiger partial charge on any atom is -0.316 e. The number of fused-ring (bicyclic) bond motifs is 1. The second kappa shape index (κ2) is 6.04. The summed E-state index contributed by atoms with van der Waals surface area (Å²) in [4.78, 5) is 26.2.